The Bertz CT molecular complexity index is 734. The van der Waals surface area contributed by atoms with Gasteiger partial charge < -0.3 is 29.4 Å². The van der Waals surface area contributed by atoms with E-state index in [0.29, 0.717) is 22.8 Å². The van der Waals surface area contributed by atoms with Crippen LogP contribution in [0.5, 0.6) is 17.2 Å². The van der Waals surface area contributed by atoms with Crippen LogP contribution in [0, 0.1) is 0 Å². The minimum absolute atomic E-state index is 0.215. The van der Waals surface area contributed by atoms with E-state index in [2.05, 4.69) is 15.5 Å². The van der Waals surface area contributed by atoms with Gasteiger partial charge >= 0.3 is 0 Å². The number of thioether (sulfide) groups is 1. The molecule has 10 heteroatoms. The Morgan fingerprint density at radius 3 is 2.48 bits per heavy atom. The number of benzene rings is 1. The average molecular weight is 366 g/mol. The van der Waals surface area contributed by atoms with Crippen molar-refractivity contribution in [2.75, 3.05) is 21.3 Å². The molecule has 25 heavy (non-hydrogen) atoms. The van der Waals surface area contributed by atoms with Crippen molar-refractivity contribution < 1.29 is 28.9 Å². The molecule has 1 aromatic carbocycles. The van der Waals surface area contributed by atoms with E-state index >= 15 is 0 Å². The number of carboxylic acid groups (broad SMARTS) is 1. The molecule has 0 aromatic heterocycles. The smallest absolute Gasteiger partial charge is 0.239 e. The quantitative estimate of drug-likeness (QED) is 0.523. The second-order valence-electron chi connectivity index (χ2n) is 4.77. The van der Waals surface area contributed by atoms with Gasteiger partial charge in [0.15, 0.2) is 16.7 Å². The van der Waals surface area contributed by atoms with Crippen LogP contribution in [0.3, 0.4) is 0 Å². The molecular weight excluding hydrogens is 350 g/mol. The van der Waals surface area contributed by atoms with E-state index in [1.54, 1.807) is 12.1 Å². The zero-order valence-electron chi connectivity index (χ0n) is 13.8. The van der Waals surface area contributed by atoms with Crippen LogP contribution in [0.15, 0.2) is 22.3 Å². The number of amidine groups is 1. The molecule has 2 rings (SSSR count). The third kappa shape index (κ3) is 4.63. The summed E-state index contributed by atoms with van der Waals surface area (Å²) in [6.45, 7) is 0. The standard InChI is InChI=1S/C15H17N3O6S/c1-22-9-5-11(24-3)10(23-2)4-8(9)7-16-18-15-17-14(21)12(25-15)6-13(19)20/h4-5,7,12H,6H2,1-3H3,(H,19,20)(H,17,18,21)/p-1/b16-7-/t12-/m1/s1. The zero-order chi connectivity index (χ0) is 18.4. The number of ether oxygens (including phenoxy) is 3. The highest BCUT2D eigenvalue weighted by atomic mass is 32.2. The van der Waals surface area contributed by atoms with Gasteiger partial charge in [-0.15, -0.1) is 5.10 Å². The lowest BCUT2D eigenvalue weighted by atomic mass is 10.2. The highest BCUT2D eigenvalue weighted by molar-refractivity contribution is 8.15. The predicted molar refractivity (Wildman–Crippen MR) is 90.3 cm³/mol. The van der Waals surface area contributed by atoms with E-state index in [9.17, 15) is 14.7 Å². The molecule has 1 atom stereocenters. The van der Waals surface area contributed by atoms with Gasteiger partial charge in [0.05, 0.1) is 32.8 Å². The molecule has 1 saturated heterocycles. The third-order valence-corrected chi connectivity index (χ3v) is 4.28. The van der Waals surface area contributed by atoms with Crippen LogP contribution >= 0.6 is 11.8 Å². The molecule has 1 fully saturated rings. The van der Waals surface area contributed by atoms with Crippen molar-refractivity contribution in [3.8, 4) is 17.2 Å². The number of nitrogens with zero attached hydrogens (tertiary/aromatic N) is 2. The second kappa shape index (κ2) is 8.38. The maximum absolute atomic E-state index is 11.6. The van der Waals surface area contributed by atoms with Crippen molar-refractivity contribution >= 4 is 35.0 Å². The number of hydrogen-bond acceptors (Lipinski definition) is 9. The van der Waals surface area contributed by atoms with Crippen LogP contribution < -0.4 is 24.6 Å². The van der Waals surface area contributed by atoms with Gasteiger partial charge in [-0.05, 0) is 6.07 Å². The van der Waals surface area contributed by atoms with Crippen LogP contribution in [0.4, 0.5) is 0 Å². The fourth-order valence-corrected chi connectivity index (χ4v) is 2.94. The molecule has 1 N–H and O–H groups in total. The Labute approximate surface area is 148 Å². The predicted octanol–water partition coefficient (Wildman–Crippen LogP) is -0.226. The van der Waals surface area contributed by atoms with Gasteiger partial charge in [0.25, 0.3) is 0 Å². The number of carbonyl (C=O) groups excluding carboxylic acids is 2. The van der Waals surface area contributed by atoms with Gasteiger partial charge in [-0.2, -0.15) is 5.10 Å². The van der Waals surface area contributed by atoms with Crippen molar-refractivity contribution in [1.29, 1.82) is 0 Å². The van der Waals surface area contributed by atoms with Crippen LogP contribution in [0.1, 0.15) is 12.0 Å². The molecule has 0 saturated carbocycles. The summed E-state index contributed by atoms with van der Waals surface area (Å²) in [5.74, 6) is -0.236. The van der Waals surface area contributed by atoms with E-state index in [0.717, 1.165) is 11.8 Å². The summed E-state index contributed by atoms with van der Waals surface area (Å²) < 4.78 is 15.7. The molecular formula is C15H16N3O6S-. The van der Waals surface area contributed by atoms with Crippen molar-refractivity contribution in [2.24, 2.45) is 10.2 Å². The van der Waals surface area contributed by atoms with E-state index in [-0.39, 0.29) is 11.6 Å². The van der Waals surface area contributed by atoms with Gasteiger partial charge in [-0.3, -0.25) is 4.79 Å². The lowest BCUT2D eigenvalue weighted by Crippen LogP contribution is -2.31. The summed E-state index contributed by atoms with van der Waals surface area (Å²) in [5, 5.41) is 20.3. The minimum Gasteiger partial charge on any atom is -0.550 e. The van der Waals surface area contributed by atoms with Gasteiger partial charge in [-0.1, -0.05) is 11.8 Å². The highest BCUT2D eigenvalue weighted by Gasteiger charge is 2.30. The highest BCUT2D eigenvalue weighted by Crippen LogP contribution is 2.33. The molecule has 0 radical (unpaired) electrons. The Balaban J connectivity index is 2.16. The first-order valence-electron chi connectivity index (χ1n) is 7.06. The molecule has 0 bridgehead atoms. The molecule has 1 aliphatic rings. The van der Waals surface area contributed by atoms with E-state index in [1.165, 1.54) is 27.5 Å². The summed E-state index contributed by atoms with van der Waals surface area (Å²) in [4.78, 5) is 22.2. The van der Waals surface area contributed by atoms with Crippen molar-refractivity contribution in [1.82, 2.24) is 5.32 Å². The molecule has 0 spiro atoms. The number of carbonyl (C=O) groups is 2. The number of hydrogen-bond donors (Lipinski definition) is 1. The summed E-state index contributed by atoms with van der Waals surface area (Å²) in [6.07, 6.45) is 1.04. The van der Waals surface area contributed by atoms with Crippen molar-refractivity contribution in [3.05, 3.63) is 17.7 Å². The fourth-order valence-electron chi connectivity index (χ4n) is 2.04. The average Bonchev–Trinajstić information content (AvgIpc) is 2.93. The number of rotatable bonds is 7. The van der Waals surface area contributed by atoms with E-state index in [1.807, 2.05) is 0 Å². The third-order valence-electron chi connectivity index (χ3n) is 3.21. The van der Waals surface area contributed by atoms with Crippen molar-refractivity contribution in [2.45, 2.75) is 11.7 Å². The molecule has 134 valence electrons. The molecule has 1 amide bonds. The molecule has 1 aromatic rings. The second-order valence-corrected chi connectivity index (χ2v) is 5.96. The first-order chi connectivity index (χ1) is 12.0. The topological polar surface area (TPSA) is 122 Å². The SMILES string of the molecule is COc1cc(OC)c(OC)cc1/C=N\N=C1\NC(=O)[C@@H](CC(=O)[O-])S1. The molecule has 0 aliphatic carbocycles. The van der Waals surface area contributed by atoms with Crippen LogP contribution in [0.25, 0.3) is 0 Å². The Hall–Kier alpha value is -2.75. The lowest BCUT2D eigenvalue weighted by molar-refractivity contribution is -0.305. The maximum Gasteiger partial charge on any atom is 0.239 e. The van der Waals surface area contributed by atoms with E-state index < -0.39 is 17.1 Å². The maximum atomic E-state index is 11.6. The van der Waals surface area contributed by atoms with Crippen LogP contribution in [-0.2, 0) is 9.59 Å². The number of methoxy groups -OCH3 is 3. The number of carboxylic acids is 1. The normalized spacial score (nSPS) is 18.4. The summed E-state index contributed by atoms with van der Waals surface area (Å²) >= 11 is 0.985. The number of nitrogens with one attached hydrogen (secondary N) is 1. The Morgan fingerprint density at radius 2 is 1.88 bits per heavy atom. The summed E-state index contributed by atoms with van der Waals surface area (Å²) in [6, 6.07) is 3.32. The first-order valence-corrected chi connectivity index (χ1v) is 7.94. The first kappa shape index (κ1) is 18.6. The van der Waals surface area contributed by atoms with Gasteiger partial charge in [0.1, 0.15) is 5.75 Å². The van der Waals surface area contributed by atoms with Gasteiger partial charge in [0.2, 0.25) is 5.91 Å². The van der Waals surface area contributed by atoms with E-state index in [4.69, 9.17) is 14.2 Å². The Morgan fingerprint density at radius 1 is 1.24 bits per heavy atom. The number of amides is 1. The van der Waals surface area contributed by atoms with Gasteiger partial charge in [-0.25, -0.2) is 0 Å². The number of aliphatic carboxylic acids is 1. The molecule has 1 aliphatic heterocycles. The fraction of sp³-hybridized carbons (Fsp3) is 0.333. The summed E-state index contributed by atoms with van der Waals surface area (Å²) in [5.41, 5.74) is 0.588. The van der Waals surface area contributed by atoms with Crippen LogP contribution in [0.2, 0.25) is 0 Å². The van der Waals surface area contributed by atoms with Gasteiger partial charge in [0, 0.05) is 24.0 Å². The minimum atomic E-state index is -1.30. The Kier molecular flexibility index (Phi) is 6.23. The molecule has 0 unspecified atom stereocenters. The lowest BCUT2D eigenvalue weighted by Gasteiger charge is -2.11. The molecule has 9 nitrogen and oxygen atoms in total. The largest absolute Gasteiger partial charge is 0.550 e. The monoisotopic (exact) mass is 366 g/mol. The zero-order valence-corrected chi connectivity index (χ0v) is 14.6. The van der Waals surface area contributed by atoms with Crippen molar-refractivity contribution in [3.63, 3.8) is 0 Å². The summed E-state index contributed by atoms with van der Waals surface area (Å²) in [7, 11) is 4.52. The van der Waals surface area contributed by atoms with Crippen LogP contribution in [-0.4, -0.2) is 49.8 Å². The molecule has 1 heterocycles.